The molecule has 2 aliphatic carbocycles. The molecule has 3 unspecified atom stereocenters. The van der Waals surface area contributed by atoms with E-state index in [1.54, 1.807) is 0 Å². The van der Waals surface area contributed by atoms with E-state index in [9.17, 15) is 4.79 Å². The first-order chi connectivity index (χ1) is 8.20. The highest BCUT2D eigenvalue weighted by Crippen LogP contribution is 2.49. The van der Waals surface area contributed by atoms with Crippen LogP contribution in [0.25, 0.3) is 0 Å². The molecule has 1 aromatic heterocycles. The van der Waals surface area contributed by atoms with Gasteiger partial charge >= 0.3 is 0 Å². The normalized spacial score (nSPS) is 30.8. The zero-order valence-electron chi connectivity index (χ0n) is 10.2. The molecule has 4 nitrogen and oxygen atoms in total. The molecule has 2 fully saturated rings. The maximum Gasteiger partial charge on any atom is 0.225 e. The number of aromatic nitrogens is 2. The van der Waals surface area contributed by atoms with Crippen LogP contribution in [0.15, 0.2) is 6.07 Å². The van der Waals surface area contributed by atoms with Gasteiger partial charge < -0.3 is 5.32 Å². The van der Waals surface area contributed by atoms with Gasteiger partial charge in [-0.2, -0.15) is 5.10 Å². The number of hydrogen-bond acceptors (Lipinski definition) is 2. The smallest absolute Gasteiger partial charge is 0.225 e. The number of carbonyl (C=O) groups is 1. The van der Waals surface area contributed by atoms with E-state index in [2.05, 4.69) is 15.5 Å². The summed E-state index contributed by atoms with van der Waals surface area (Å²) < 4.78 is 0. The van der Waals surface area contributed by atoms with Crippen LogP contribution in [0.4, 0.5) is 5.82 Å². The van der Waals surface area contributed by atoms with E-state index in [1.807, 2.05) is 13.0 Å². The van der Waals surface area contributed by atoms with Crippen LogP contribution in [0.5, 0.6) is 0 Å². The minimum Gasteiger partial charge on any atom is -0.309 e. The Kier molecular flexibility index (Phi) is 2.65. The summed E-state index contributed by atoms with van der Waals surface area (Å²) in [5, 5.41) is 9.72. The van der Waals surface area contributed by atoms with Crippen LogP contribution in [-0.4, -0.2) is 16.1 Å². The number of amides is 1. The van der Waals surface area contributed by atoms with E-state index in [-0.39, 0.29) is 5.91 Å². The summed E-state index contributed by atoms with van der Waals surface area (Å²) in [4.78, 5) is 11.9. The van der Waals surface area contributed by atoms with Gasteiger partial charge in [0.25, 0.3) is 0 Å². The first-order valence-electron chi connectivity index (χ1n) is 6.52. The molecule has 3 rings (SSSR count). The number of nitrogens with zero attached hydrogens (tertiary/aromatic N) is 1. The van der Waals surface area contributed by atoms with Crippen molar-refractivity contribution < 1.29 is 4.79 Å². The first-order valence-corrected chi connectivity index (χ1v) is 6.52. The van der Waals surface area contributed by atoms with Crippen molar-refractivity contribution in [2.24, 2.45) is 17.8 Å². The highest BCUT2D eigenvalue weighted by Gasteiger charge is 2.40. The standard InChI is InChI=1S/C13H19N3O/c1-8-4-12(16-15-8)14-13(17)7-11-6-9-2-3-10(11)5-9/h4,9-11H,2-3,5-7H2,1H3,(H2,14,15,16,17). The van der Waals surface area contributed by atoms with Crippen LogP contribution in [0.2, 0.25) is 0 Å². The summed E-state index contributed by atoms with van der Waals surface area (Å²) in [6, 6.07) is 1.86. The molecule has 0 aromatic carbocycles. The molecule has 4 heteroatoms. The second-order valence-corrected chi connectivity index (χ2v) is 5.62. The van der Waals surface area contributed by atoms with Crippen molar-refractivity contribution in [3.8, 4) is 0 Å². The van der Waals surface area contributed by atoms with Gasteiger partial charge in [0.05, 0.1) is 0 Å². The van der Waals surface area contributed by atoms with Crippen LogP contribution < -0.4 is 5.32 Å². The fourth-order valence-electron chi connectivity index (χ4n) is 3.54. The average Bonchev–Trinajstić information content (AvgIpc) is 2.95. The van der Waals surface area contributed by atoms with Crippen molar-refractivity contribution in [3.05, 3.63) is 11.8 Å². The van der Waals surface area contributed by atoms with Gasteiger partial charge in [-0.05, 0) is 43.9 Å². The van der Waals surface area contributed by atoms with Crippen molar-refractivity contribution in [3.63, 3.8) is 0 Å². The molecule has 2 N–H and O–H groups in total. The van der Waals surface area contributed by atoms with Gasteiger partial charge in [0.1, 0.15) is 0 Å². The van der Waals surface area contributed by atoms with Crippen molar-refractivity contribution in [1.82, 2.24) is 10.2 Å². The fourth-order valence-corrected chi connectivity index (χ4v) is 3.54. The molecule has 2 aliphatic rings. The number of fused-ring (bicyclic) bond motifs is 2. The van der Waals surface area contributed by atoms with Crippen molar-refractivity contribution in [2.75, 3.05) is 5.32 Å². The third-order valence-electron chi connectivity index (χ3n) is 4.31. The molecule has 2 bridgehead atoms. The quantitative estimate of drug-likeness (QED) is 0.842. The molecular formula is C13H19N3O. The predicted molar refractivity (Wildman–Crippen MR) is 65.5 cm³/mol. The lowest BCUT2D eigenvalue weighted by molar-refractivity contribution is -0.117. The first kappa shape index (κ1) is 10.8. The minimum atomic E-state index is 0.119. The lowest BCUT2D eigenvalue weighted by atomic mass is 9.86. The molecule has 1 amide bonds. The molecule has 0 spiro atoms. The number of anilines is 1. The van der Waals surface area contributed by atoms with E-state index in [1.165, 1.54) is 25.7 Å². The Hall–Kier alpha value is -1.32. The minimum absolute atomic E-state index is 0.119. The Bertz CT molecular complexity index is 426. The Morgan fingerprint density at radius 1 is 1.53 bits per heavy atom. The summed E-state index contributed by atoms with van der Waals surface area (Å²) in [5.74, 6) is 3.11. The van der Waals surface area contributed by atoms with Gasteiger partial charge in [-0.1, -0.05) is 6.42 Å². The van der Waals surface area contributed by atoms with Crippen LogP contribution in [0.1, 0.15) is 37.8 Å². The van der Waals surface area contributed by atoms with Gasteiger partial charge in [0, 0.05) is 18.2 Å². The SMILES string of the molecule is Cc1cc(NC(=O)CC2CC3CCC2C3)n[nH]1. The third kappa shape index (κ3) is 2.21. The maximum absolute atomic E-state index is 11.9. The monoisotopic (exact) mass is 233 g/mol. The molecule has 1 heterocycles. The average molecular weight is 233 g/mol. The van der Waals surface area contributed by atoms with Gasteiger partial charge in [-0.3, -0.25) is 9.89 Å². The van der Waals surface area contributed by atoms with Gasteiger partial charge in [-0.15, -0.1) is 0 Å². The summed E-state index contributed by atoms with van der Waals surface area (Å²) in [6.07, 6.45) is 6.02. The molecule has 0 aliphatic heterocycles. The fraction of sp³-hybridized carbons (Fsp3) is 0.692. The Morgan fingerprint density at radius 3 is 3.00 bits per heavy atom. The van der Waals surface area contributed by atoms with Gasteiger partial charge in [0.2, 0.25) is 5.91 Å². The molecule has 2 saturated carbocycles. The topological polar surface area (TPSA) is 57.8 Å². The number of nitrogens with one attached hydrogen (secondary N) is 2. The van der Waals surface area contributed by atoms with Crippen molar-refractivity contribution in [2.45, 2.75) is 39.0 Å². The zero-order valence-corrected chi connectivity index (χ0v) is 10.2. The largest absolute Gasteiger partial charge is 0.309 e. The van der Waals surface area contributed by atoms with E-state index in [4.69, 9.17) is 0 Å². The van der Waals surface area contributed by atoms with Crippen LogP contribution in [0.3, 0.4) is 0 Å². The van der Waals surface area contributed by atoms with Crippen molar-refractivity contribution in [1.29, 1.82) is 0 Å². The summed E-state index contributed by atoms with van der Waals surface area (Å²) >= 11 is 0. The number of aryl methyl sites for hydroxylation is 1. The molecular weight excluding hydrogens is 214 g/mol. The number of H-pyrrole nitrogens is 1. The molecule has 1 aromatic rings. The van der Waals surface area contributed by atoms with Gasteiger partial charge in [-0.25, -0.2) is 0 Å². The van der Waals surface area contributed by atoms with Crippen molar-refractivity contribution >= 4 is 11.7 Å². The Labute approximate surface area is 101 Å². The summed E-state index contributed by atoms with van der Waals surface area (Å²) in [5.41, 5.74) is 0.972. The van der Waals surface area contributed by atoms with Crippen LogP contribution in [-0.2, 0) is 4.79 Å². The molecule has 3 atom stereocenters. The number of rotatable bonds is 3. The number of carbonyl (C=O) groups excluding carboxylic acids is 1. The second kappa shape index (κ2) is 4.17. The molecule has 92 valence electrons. The third-order valence-corrected chi connectivity index (χ3v) is 4.31. The van der Waals surface area contributed by atoms with Crippen LogP contribution in [0, 0.1) is 24.7 Å². The molecule has 0 radical (unpaired) electrons. The maximum atomic E-state index is 11.9. The molecule has 17 heavy (non-hydrogen) atoms. The number of hydrogen-bond donors (Lipinski definition) is 2. The zero-order chi connectivity index (χ0) is 11.8. The second-order valence-electron chi connectivity index (χ2n) is 5.62. The number of aromatic amines is 1. The van der Waals surface area contributed by atoms with E-state index >= 15 is 0 Å². The molecule has 0 saturated heterocycles. The van der Waals surface area contributed by atoms with E-state index < -0.39 is 0 Å². The summed E-state index contributed by atoms with van der Waals surface area (Å²) in [7, 11) is 0. The highest BCUT2D eigenvalue weighted by atomic mass is 16.1. The Morgan fingerprint density at radius 2 is 2.41 bits per heavy atom. The lowest BCUT2D eigenvalue weighted by Crippen LogP contribution is -2.20. The van der Waals surface area contributed by atoms with Crippen LogP contribution >= 0.6 is 0 Å². The Balaban J connectivity index is 1.54. The summed E-state index contributed by atoms with van der Waals surface area (Å²) in [6.45, 7) is 1.93. The van der Waals surface area contributed by atoms with E-state index in [0.717, 1.165) is 17.5 Å². The van der Waals surface area contributed by atoms with Gasteiger partial charge in [0.15, 0.2) is 5.82 Å². The van der Waals surface area contributed by atoms with E-state index in [0.29, 0.717) is 18.2 Å². The highest BCUT2D eigenvalue weighted by molar-refractivity contribution is 5.89. The lowest BCUT2D eigenvalue weighted by Gasteiger charge is -2.20. The predicted octanol–water partition coefficient (Wildman–Crippen LogP) is 2.48.